The van der Waals surface area contributed by atoms with Crippen LogP contribution in [0.1, 0.15) is 50.3 Å². The summed E-state index contributed by atoms with van der Waals surface area (Å²) in [4.78, 5) is 16.7. The highest BCUT2D eigenvalue weighted by Crippen LogP contribution is 2.43. The van der Waals surface area contributed by atoms with E-state index in [1.54, 1.807) is 26.2 Å². The summed E-state index contributed by atoms with van der Waals surface area (Å²) in [5.74, 6) is 2.27. The van der Waals surface area contributed by atoms with Gasteiger partial charge in [0.25, 0.3) is 0 Å². The van der Waals surface area contributed by atoms with Crippen LogP contribution in [-0.4, -0.2) is 89.2 Å². The topological polar surface area (TPSA) is 138 Å². The van der Waals surface area contributed by atoms with Gasteiger partial charge < -0.3 is 23.8 Å². The van der Waals surface area contributed by atoms with E-state index in [9.17, 15) is 4.79 Å². The fourth-order valence-electron chi connectivity index (χ4n) is 6.29. The zero-order valence-electron chi connectivity index (χ0n) is 32.8. The molecule has 302 valence electrons. The first kappa shape index (κ1) is 42.2. The SMILES string of the molecule is COc1ccc(CN(Cc2ccc(OC)cc2)S(=O)(=O)c2c(SC3CCN(C(=O)OC(C)(C)C)CC3)ccc(I)c2-c2nnn(Cc3ccc(OC)cc3)n2)cc1. The zero-order valence-corrected chi connectivity index (χ0v) is 36.6. The molecule has 2 heterocycles. The van der Waals surface area contributed by atoms with E-state index in [0.717, 1.165) is 22.4 Å². The maximum Gasteiger partial charge on any atom is 0.410 e. The Labute approximate surface area is 352 Å². The van der Waals surface area contributed by atoms with E-state index in [1.165, 1.54) is 20.9 Å². The van der Waals surface area contributed by atoms with Gasteiger partial charge in [0.2, 0.25) is 15.8 Å². The van der Waals surface area contributed by atoms with Gasteiger partial charge in [-0.2, -0.15) is 9.10 Å². The molecule has 1 aromatic heterocycles. The van der Waals surface area contributed by atoms with Crippen LogP contribution in [0.15, 0.2) is 94.7 Å². The molecule has 16 heteroatoms. The lowest BCUT2D eigenvalue weighted by atomic mass is 10.1. The molecular formula is C41H47IN6O7S2. The smallest absolute Gasteiger partial charge is 0.410 e. The molecule has 1 saturated heterocycles. The molecule has 5 aromatic rings. The van der Waals surface area contributed by atoms with Gasteiger partial charge in [-0.05, 0) is 127 Å². The Balaban J connectivity index is 1.41. The van der Waals surface area contributed by atoms with Crippen molar-refractivity contribution < 1.29 is 32.2 Å². The van der Waals surface area contributed by atoms with Gasteiger partial charge in [-0.3, -0.25) is 0 Å². The quantitative estimate of drug-likeness (QED) is 0.101. The molecule has 0 radical (unpaired) electrons. The third kappa shape index (κ3) is 10.8. The van der Waals surface area contributed by atoms with Crippen LogP contribution in [0.3, 0.4) is 0 Å². The maximum atomic E-state index is 15.5. The number of hydrogen-bond acceptors (Lipinski definition) is 11. The number of halogens is 1. The number of aromatic nitrogens is 4. The second-order valence-electron chi connectivity index (χ2n) is 14.5. The fourth-order valence-corrected chi connectivity index (χ4v) is 10.5. The van der Waals surface area contributed by atoms with Gasteiger partial charge in [0.05, 0.1) is 33.4 Å². The molecular weight excluding hydrogens is 880 g/mol. The summed E-state index contributed by atoms with van der Waals surface area (Å²) >= 11 is 3.65. The lowest BCUT2D eigenvalue weighted by Gasteiger charge is -2.33. The molecule has 0 aliphatic carbocycles. The van der Waals surface area contributed by atoms with Gasteiger partial charge >= 0.3 is 6.09 Å². The average Bonchev–Trinajstić information content (AvgIpc) is 3.66. The summed E-state index contributed by atoms with van der Waals surface area (Å²) in [7, 11) is 0.516. The lowest BCUT2D eigenvalue weighted by molar-refractivity contribution is 0.0219. The van der Waals surface area contributed by atoms with Crippen molar-refractivity contribution in [1.82, 2.24) is 29.4 Å². The van der Waals surface area contributed by atoms with E-state index in [2.05, 4.69) is 32.9 Å². The highest BCUT2D eigenvalue weighted by molar-refractivity contribution is 14.1. The molecule has 0 atom stereocenters. The summed E-state index contributed by atoms with van der Waals surface area (Å²) < 4.78 is 54.9. The minimum absolute atomic E-state index is 0.0286. The van der Waals surface area contributed by atoms with Crippen molar-refractivity contribution in [2.45, 2.75) is 73.9 Å². The van der Waals surface area contributed by atoms with Crippen molar-refractivity contribution >= 4 is 50.5 Å². The van der Waals surface area contributed by atoms with Gasteiger partial charge in [0, 0.05) is 39.9 Å². The van der Waals surface area contributed by atoms with E-state index in [-0.39, 0.29) is 35.2 Å². The molecule has 0 unspecified atom stereocenters. The van der Waals surface area contributed by atoms with Crippen molar-refractivity contribution in [2.24, 2.45) is 0 Å². The van der Waals surface area contributed by atoms with Crippen LogP contribution >= 0.6 is 34.4 Å². The Kier molecular flexibility index (Phi) is 13.7. The molecule has 1 aliphatic rings. The van der Waals surface area contributed by atoms with Crippen LogP contribution < -0.4 is 14.2 Å². The number of rotatable bonds is 14. The molecule has 13 nitrogen and oxygen atoms in total. The Morgan fingerprint density at radius 2 is 1.32 bits per heavy atom. The van der Waals surface area contributed by atoms with Gasteiger partial charge in [0.15, 0.2) is 0 Å². The second kappa shape index (κ2) is 18.5. The standard InChI is InChI=1S/C41H47IN6O7S2/c1-41(2,3)55-40(49)46-23-21-34(22-24-46)56-36-20-19-35(42)37(39-43-45-48(44-39)27-30-11-17-33(54-6)18-12-30)38(36)57(50,51)47(25-28-7-13-31(52-4)14-8-28)26-29-9-15-32(53-5)16-10-29/h7-20,34H,21-27H2,1-6H3. The van der Waals surface area contributed by atoms with Crippen LogP contribution in [0.4, 0.5) is 4.79 Å². The Bertz CT molecular complexity index is 2190. The zero-order chi connectivity index (χ0) is 40.7. The maximum absolute atomic E-state index is 15.5. The van der Waals surface area contributed by atoms with Crippen LogP contribution in [0.25, 0.3) is 11.4 Å². The molecule has 0 spiro atoms. The minimum atomic E-state index is -4.28. The number of likely N-dealkylation sites (tertiary alicyclic amines) is 1. The summed E-state index contributed by atoms with van der Waals surface area (Å²) in [5, 5.41) is 13.6. The number of hydrogen-bond donors (Lipinski definition) is 0. The predicted octanol–water partition coefficient (Wildman–Crippen LogP) is 7.90. The lowest BCUT2D eigenvalue weighted by Crippen LogP contribution is -2.42. The number of ether oxygens (including phenoxy) is 4. The van der Waals surface area contributed by atoms with E-state index in [4.69, 9.17) is 24.0 Å². The molecule has 4 aromatic carbocycles. The van der Waals surface area contributed by atoms with Gasteiger partial charge in [-0.15, -0.1) is 22.0 Å². The average molecular weight is 927 g/mol. The van der Waals surface area contributed by atoms with Crippen molar-refractivity contribution in [3.05, 3.63) is 105 Å². The Hall–Kier alpha value is -4.39. The normalized spacial score (nSPS) is 13.8. The number of piperidine rings is 1. The molecule has 1 fully saturated rings. The van der Waals surface area contributed by atoms with Gasteiger partial charge in [-0.25, -0.2) is 13.2 Å². The molecule has 57 heavy (non-hydrogen) atoms. The second-order valence-corrected chi connectivity index (χ2v) is 18.9. The first-order chi connectivity index (χ1) is 27.3. The van der Waals surface area contributed by atoms with E-state index >= 15 is 8.42 Å². The fraction of sp³-hybridized carbons (Fsp3) is 0.366. The van der Waals surface area contributed by atoms with Crippen LogP contribution in [0.2, 0.25) is 0 Å². The van der Waals surface area contributed by atoms with E-state index < -0.39 is 15.6 Å². The highest BCUT2D eigenvalue weighted by Gasteiger charge is 2.35. The highest BCUT2D eigenvalue weighted by atomic mass is 127. The van der Waals surface area contributed by atoms with Crippen LogP contribution in [0, 0.1) is 3.57 Å². The molecule has 1 aliphatic heterocycles. The number of amides is 1. The number of carbonyl (C=O) groups is 1. The number of benzene rings is 4. The summed E-state index contributed by atoms with van der Waals surface area (Å²) in [6, 6.07) is 26.1. The molecule has 6 rings (SSSR count). The first-order valence-corrected chi connectivity index (χ1v) is 21.8. The number of carbonyl (C=O) groups excluding carboxylic acids is 1. The van der Waals surface area contributed by atoms with Crippen LogP contribution in [-0.2, 0) is 34.4 Å². The summed E-state index contributed by atoms with van der Waals surface area (Å²) in [5.41, 5.74) is 2.27. The number of nitrogens with zero attached hydrogens (tertiary/aromatic N) is 6. The largest absolute Gasteiger partial charge is 0.497 e. The Morgan fingerprint density at radius 1 is 0.807 bits per heavy atom. The molecule has 1 amide bonds. The Morgan fingerprint density at radius 3 is 1.81 bits per heavy atom. The van der Waals surface area contributed by atoms with Crippen molar-refractivity contribution in [1.29, 1.82) is 0 Å². The van der Waals surface area contributed by atoms with Crippen molar-refractivity contribution in [3.63, 3.8) is 0 Å². The summed E-state index contributed by atoms with van der Waals surface area (Å²) in [6.45, 7) is 7.02. The van der Waals surface area contributed by atoms with Crippen molar-refractivity contribution in [3.8, 4) is 28.6 Å². The number of methoxy groups -OCH3 is 3. The molecule has 0 bridgehead atoms. The van der Waals surface area contributed by atoms with Crippen molar-refractivity contribution in [2.75, 3.05) is 34.4 Å². The first-order valence-electron chi connectivity index (χ1n) is 18.4. The van der Waals surface area contributed by atoms with Crippen LogP contribution in [0.5, 0.6) is 17.2 Å². The number of thioether (sulfide) groups is 1. The number of sulfonamides is 1. The van der Waals surface area contributed by atoms with Gasteiger partial charge in [-0.1, -0.05) is 36.4 Å². The number of tetrazole rings is 1. The third-order valence-electron chi connectivity index (χ3n) is 9.25. The molecule has 0 saturated carbocycles. The van der Waals surface area contributed by atoms with Gasteiger partial charge in [0.1, 0.15) is 27.7 Å². The minimum Gasteiger partial charge on any atom is -0.497 e. The van der Waals surface area contributed by atoms with E-state index in [1.807, 2.05) is 106 Å². The monoisotopic (exact) mass is 926 g/mol. The molecule has 0 N–H and O–H groups in total. The predicted molar refractivity (Wildman–Crippen MR) is 227 cm³/mol. The van der Waals surface area contributed by atoms with E-state index in [0.29, 0.717) is 58.0 Å². The summed E-state index contributed by atoms with van der Waals surface area (Å²) in [6.07, 6.45) is 0.965. The third-order valence-corrected chi connectivity index (χ3v) is 13.6.